The number of hydrogen-bond donors (Lipinski definition) is 3. The van der Waals surface area contributed by atoms with Crippen LogP contribution in [0.25, 0.3) is 0 Å². The van der Waals surface area contributed by atoms with Crippen molar-refractivity contribution < 1.29 is 15.3 Å². The molecule has 0 saturated carbocycles. The van der Waals surface area contributed by atoms with Crippen molar-refractivity contribution in [2.24, 2.45) is 0 Å². The molecule has 0 aromatic heterocycles. The van der Waals surface area contributed by atoms with E-state index in [1.165, 1.54) is 5.56 Å². The molecule has 0 spiro atoms. The van der Waals surface area contributed by atoms with E-state index in [0.717, 1.165) is 39.8 Å². The van der Waals surface area contributed by atoms with Crippen LogP contribution >= 0.6 is 0 Å². The Morgan fingerprint density at radius 3 is 1.57 bits per heavy atom. The van der Waals surface area contributed by atoms with E-state index in [4.69, 9.17) is 0 Å². The molecule has 4 rings (SSSR count). The first kappa shape index (κ1) is 24.4. The van der Waals surface area contributed by atoms with Gasteiger partial charge in [-0.3, -0.25) is 0 Å². The Labute approximate surface area is 208 Å². The van der Waals surface area contributed by atoms with E-state index < -0.39 is 5.41 Å². The average molecular weight is 467 g/mol. The molecule has 0 heterocycles. The zero-order chi connectivity index (χ0) is 25.4. The fourth-order valence-electron chi connectivity index (χ4n) is 5.39. The van der Waals surface area contributed by atoms with Crippen molar-refractivity contribution in [2.75, 3.05) is 0 Å². The van der Waals surface area contributed by atoms with Crippen LogP contribution in [0.5, 0.6) is 17.2 Å². The van der Waals surface area contributed by atoms with Gasteiger partial charge in [0.05, 0.1) is 0 Å². The molecule has 180 valence electrons. The van der Waals surface area contributed by atoms with E-state index in [2.05, 4.69) is 45.0 Å². The second-order valence-corrected chi connectivity index (χ2v) is 9.88. The summed E-state index contributed by atoms with van der Waals surface area (Å²) >= 11 is 0. The maximum Gasteiger partial charge on any atom is 0.120 e. The highest BCUT2D eigenvalue weighted by molar-refractivity contribution is 5.59. The molecule has 0 aliphatic heterocycles. The summed E-state index contributed by atoms with van der Waals surface area (Å²) in [6.45, 7) is 10.5. The van der Waals surface area contributed by atoms with Crippen molar-refractivity contribution in [1.29, 1.82) is 0 Å². The van der Waals surface area contributed by atoms with E-state index in [1.54, 1.807) is 18.2 Å². The van der Waals surface area contributed by atoms with Crippen molar-refractivity contribution in [3.63, 3.8) is 0 Å². The average Bonchev–Trinajstić information content (AvgIpc) is 2.85. The summed E-state index contributed by atoms with van der Waals surface area (Å²) in [5.41, 5.74) is 5.84. The summed E-state index contributed by atoms with van der Waals surface area (Å²) < 4.78 is 0. The van der Waals surface area contributed by atoms with Gasteiger partial charge in [-0.2, -0.15) is 0 Å². The highest BCUT2D eigenvalue weighted by Crippen LogP contribution is 2.47. The van der Waals surface area contributed by atoms with E-state index in [1.807, 2.05) is 56.3 Å². The Bertz CT molecular complexity index is 1330. The number of benzene rings is 4. The molecule has 0 bridgehead atoms. The fraction of sp³-hybridized carbons (Fsp3) is 0.250. The Hall–Kier alpha value is -3.72. The summed E-state index contributed by atoms with van der Waals surface area (Å²) in [6.07, 6.45) is 0.896. The molecule has 0 radical (unpaired) electrons. The first-order valence-electron chi connectivity index (χ1n) is 12.1. The molecule has 3 N–H and O–H groups in total. The van der Waals surface area contributed by atoms with Crippen LogP contribution in [-0.4, -0.2) is 15.3 Å². The van der Waals surface area contributed by atoms with Crippen LogP contribution in [0.3, 0.4) is 0 Å². The van der Waals surface area contributed by atoms with E-state index in [9.17, 15) is 15.3 Å². The first-order valence-corrected chi connectivity index (χ1v) is 12.1. The minimum atomic E-state index is -0.766. The molecular weight excluding hydrogens is 432 g/mol. The molecule has 0 aliphatic rings. The molecule has 3 heteroatoms. The maximum atomic E-state index is 10.8. The quantitative estimate of drug-likeness (QED) is 0.258. The zero-order valence-electron chi connectivity index (χ0n) is 21.1. The van der Waals surface area contributed by atoms with Gasteiger partial charge in [0.1, 0.15) is 17.2 Å². The standard InChI is InChI=1S/C32H34O3/c1-6-31(4,23-16-18-28(33)22(3)20-23)25-17-15-24(19-21(25)2)32(5,26-11-7-9-13-29(26)34)27-12-8-10-14-30(27)35/h7-20,33-35H,6H2,1-5H3. The number of aryl methyl sites for hydroxylation is 2. The van der Waals surface area contributed by atoms with Gasteiger partial charge in [0.2, 0.25) is 0 Å². The molecule has 0 aliphatic carbocycles. The molecule has 35 heavy (non-hydrogen) atoms. The van der Waals surface area contributed by atoms with Gasteiger partial charge in [0.25, 0.3) is 0 Å². The van der Waals surface area contributed by atoms with Gasteiger partial charge in [-0.25, -0.2) is 0 Å². The topological polar surface area (TPSA) is 60.7 Å². The Morgan fingerprint density at radius 1 is 0.571 bits per heavy atom. The smallest absolute Gasteiger partial charge is 0.120 e. The monoisotopic (exact) mass is 466 g/mol. The normalized spacial score (nSPS) is 13.4. The SMILES string of the molecule is CCC(C)(c1ccc(O)c(C)c1)c1ccc(C(C)(c2ccccc2O)c2ccccc2O)cc1C. The highest BCUT2D eigenvalue weighted by Gasteiger charge is 2.37. The van der Waals surface area contributed by atoms with E-state index in [0.29, 0.717) is 5.75 Å². The highest BCUT2D eigenvalue weighted by atomic mass is 16.3. The molecule has 1 atom stereocenters. The van der Waals surface area contributed by atoms with Crippen LogP contribution in [0, 0.1) is 13.8 Å². The molecule has 0 amide bonds. The third-order valence-electron chi connectivity index (χ3n) is 7.82. The maximum absolute atomic E-state index is 10.8. The Morgan fingerprint density at radius 2 is 1.09 bits per heavy atom. The molecule has 0 fully saturated rings. The third-order valence-corrected chi connectivity index (χ3v) is 7.82. The Kier molecular flexibility index (Phi) is 6.38. The first-order chi connectivity index (χ1) is 16.6. The molecule has 4 aromatic rings. The van der Waals surface area contributed by atoms with Gasteiger partial charge in [-0.1, -0.05) is 80.6 Å². The van der Waals surface area contributed by atoms with Crippen LogP contribution in [-0.2, 0) is 10.8 Å². The van der Waals surface area contributed by atoms with Crippen LogP contribution in [0.15, 0.2) is 84.9 Å². The summed E-state index contributed by atoms with van der Waals surface area (Å²) in [5.74, 6) is 0.691. The van der Waals surface area contributed by atoms with Gasteiger partial charge in [0.15, 0.2) is 0 Å². The van der Waals surface area contributed by atoms with Gasteiger partial charge in [-0.15, -0.1) is 0 Å². The molecule has 1 unspecified atom stereocenters. The van der Waals surface area contributed by atoms with Gasteiger partial charge in [-0.05, 0) is 73.2 Å². The van der Waals surface area contributed by atoms with Gasteiger partial charge < -0.3 is 15.3 Å². The van der Waals surface area contributed by atoms with Crippen molar-refractivity contribution >= 4 is 0 Å². The lowest BCUT2D eigenvalue weighted by Gasteiger charge is -2.35. The Balaban J connectivity index is 1.92. The van der Waals surface area contributed by atoms with Crippen LogP contribution in [0.2, 0.25) is 0 Å². The minimum absolute atomic E-state index is 0.193. The lowest BCUT2D eigenvalue weighted by atomic mass is 9.67. The van der Waals surface area contributed by atoms with E-state index >= 15 is 0 Å². The van der Waals surface area contributed by atoms with E-state index in [-0.39, 0.29) is 16.9 Å². The van der Waals surface area contributed by atoms with Crippen molar-refractivity contribution in [1.82, 2.24) is 0 Å². The summed E-state index contributed by atoms with van der Waals surface area (Å²) in [4.78, 5) is 0. The fourth-order valence-corrected chi connectivity index (χ4v) is 5.39. The van der Waals surface area contributed by atoms with Crippen LogP contribution in [0.1, 0.15) is 66.1 Å². The van der Waals surface area contributed by atoms with Crippen LogP contribution < -0.4 is 0 Å². The number of hydrogen-bond acceptors (Lipinski definition) is 3. The second kappa shape index (κ2) is 9.14. The van der Waals surface area contributed by atoms with Crippen molar-refractivity contribution in [2.45, 2.75) is 51.9 Å². The second-order valence-electron chi connectivity index (χ2n) is 9.88. The van der Waals surface area contributed by atoms with Crippen molar-refractivity contribution in [3.05, 3.63) is 124 Å². The molecule has 0 saturated heterocycles. The van der Waals surface area contributed by atoms with Gasteiger partial charge >= 0.3 is 0 Å². The summed E-state index contributed by atoms with van der Waals surface area (Å²) in [6, 6.07) is 27.0. The largest absolute Gasteiger partial charge is 0.508 e. The third kappa shape index (κ3) is 4.05. The number of phenolic OH excluding ortho intramolecular Hbond substituents is 3. The molecule has 4 aromatic carbocycles. The number of aromatic hydroxyl groups is 3. The van der Waals surface area contributed by atoms with Gasteiger partial charge in [0, 0.05) is 22.0 Å². The lowest BCUT2D eigenvalue weighted by Crippen LogP contribution is -2.28. The predicted octanol–water partition coefficient (Wildman–Crippen LogP) is 7.49. The summed E-state index contributed by atoms with van der Waals surface area (Å²) in [7, 11) is 0. The lowest BCUT2D eigenvalue weighted by molar-refractivity contribution is 0.442. The minimum Gasteiger partial charge on any atom is -0.508 e. The van der Waals surface area contributed by atoms with Crippen molar-refractivity contribution in [3.8, 4) is 17.2 Å². The number of rotatable bonds is 6. The summed E-state index contributed by atoms with van der Waals surface area (Å²) in [5, 5.41) is 31.7. The van der Waals surface area contributed by atoms with Crippen LogP contribution in [0.4, 0.5) is 0 Å². The number of para-hydroxylation sites is 2. The zero-order valence-corrected chi connectivity index (χ0v) is 21.1. The predicted molar refractivity (Wildman–Crippen MR) is 143 cm³/mol. The molecule has 3 nitrogen and oxygen atoms in total. The molecular formula is C32H34O3. The number of phenols is 3.